The Bertz CT molecular complexity index is 629. The topological polar surface area (TPSA) is 79.6 Å². The zero-order valence-electron chi connectivity index (χ0n) is 12.8. The molecule has 3 atom stereocenters. The fraction of sp³-hybridized carbons (Fsp3) is 0.600. The number of aliphatic hydroxyl groups excluding tert-OH is 1. The van der Waals surface area contributed by atoms with Crippen molar-refractivity contribution in [3.8, 4) is 0 Å². The maximum atomic E-state index is 13.9. The van der Waals surface area contributed by atoms with Crippen LogP contribution in [0.15, 0.2) is 29.2 Å². The minimum absolute atomic E-state index is 0.115. The van der Waals surface area contributed by atoms with Gasteiger partial charge >= 0.3 is 5.69 Å². The quantitative estimate of drug-likeness (QED) is 0.799. The van der Waals surface area contributed by atoms with E-state index in [4.69, 9.17) is 9.84 Å². The van der Waals surface area contributed by atoms with E-state index in [0.717, 1.165) is 25.9 Å². The van der Waals surface area contributed by atoms with Gasteiger partial charge in [0, 0.05) is 24.9 Å². The molecule has 0 spiro atoms. The van der Waals surface area contributed by atoms with Gasteiger partial charge in [0.2, 0.25) is 0 Å². The zero-order chi connectivity index (χ0) is 16.4. The van der Waals surface area contributed by atoms with Crippen LogP contribution in [0.1, 0.15) is 25.5 Å². The Hall–Kier alpha value is -1.77. The molecule has 23 heavy (non-hydrogen) atoms. The predicted octanol–water partition coefficient (Wildman–Crippen LogP) is 0.840. The number of nitrogens with zero attached hydrogens (tertiary/aromatic N) is 3. The smallest absolute Gasteiger partial charge is 0.351 e. The van der Waals surface area contributed by atoms with E-state index in [1.807, 2.05) is 5.01 Å². The number of nitrogens with one attached hydrogen (secondary N) is 1. The lowest BCUT2D eigenvalue weighted by Crippen LogP contribution is -2.36. The number of hydrazine groups is 1. The number of rotatable bonds is 4. The summed E-state index contributed by atoms with van der Waals surface area (Å²) in [6, 6.07) is 1.64. The van der Waals surface area contributed by atoms with Crippen LogP contribution >= 0.6 is 0 Å². The molecule has 0 unspecified atom stereocenters. The molecule has 0 saturated carbocycles. The van der Waals surface area contributed by atoms with Gasteiger partial charge in [0.25, 0.3) is 0 Å². The number of aromatic nitrogens is 2. The van der Waals surface area contributed by atoms with Gasteiger partial charge in [-0.25, -0.2) is 14.2 Å². The van der Waals surface area contributed by atoms with Gasteiger partial charge in [-0.15, -0.1) is 0 Å². The van der Waals surface area contributed by atoms with Gasteiger partial charge in [0.1, 0.15) is 11.9 Å². The summed E-state index contributed by atoms with van der Waals surface area (Å²) < 4.78 is 20.4. The van der Waals surface area contributed by atoms with Crippen molar-refractivity contribution >= 4 is 5.82 Å². The zero-order valence-corrected chi connectivity index (χ0v) is 12.8. The Morgan fingerprint density at radius 3 is 2.78 bits per heavy atom. The highest BCUT2D eigenvalue weighted by molar-refractivity contribution is 5.31. The maximum absolute atomic E-state index is 13.9. The Kier molecular flexibility index (Phi) is 4.74. The predicted molar refractivity (Wildman–Crippen MR) is 82.6 cm³/mol. The Morgan fingerprint density at radius 2 is 2.17 bits per heavy atom. The van der Waals surface area contributed by atoms with Gasteiger partial charge in [-0.05, 0) is 18.9 Å². The second-order valence-electron chi connectivity index (χ2n) is 5.85. The average molecular weight is 324 g/mol. The Morgan fingerprint density at radius 1 is 1.43 bits per heavy atom. The number of halogens is 1. The van der Waals surface area contributed by atoms with Gasteiger partial charge < -0.3 is 15.3 Å². The van der Waals surface area contributed by atoms with Gasteiger partial charge in [0.15, 0.2) is 12.4 Å². The molecule has 0 bridgehead atoms. The highest BCUT2D eigenvalue weighted by Crippen LogP contribution is 2.34. The monoisotopic (exact) mass is 324 g/mol. The van der Waals surface area contributed by atoms with E-state index in [0.29, 0.717) is 5.82 Å². The van der Waals surface area contributed by atoms with E-state index in [2.05, 4.69) is 17.0 Å². The number of hydrogen-bond donors (Lipinski definition) is 2. The van der Waals surface area contributed by atoms with Gasteiger partial charge in [0.05, 0.1) is 6.61 Å². The van der Waals surface area contributed by atoms with E-state index in [-0.39, 0.29) is 5.57 Å². The van der Waals surface area contributed by atoms with Gasteiger partial charge in [-0.1, -0.05) is 13.0 Å². The molecule has 2 aliphatic heterocycles. The summed E-state index contributed by atoms with van der Waals surface area (Å²) >= 11 is 0. The Labute approximate surface area is 133 Å². The van der Waals surface area contributed by atoms with Gasteiger partial charge in [-0.2, -0.15) is 4.98 Å². The number of hydrogen-bond acceptors (Lipinski definition) is 6. The molecule has 3 rings (SSSR count). The van der Waals surface area contributed by atoms with Crippen LogP contribution in [0.5, 0.6) is 0 Å². The molecule has 2 aliphatic rings. The first kappa shape index (κ1) is 16.1. The van der Waals surface area contributed by atoms with Crippen LogP contribution in [0.2, 0.25) is 0 Å². The van der Waals surface area contributed by atoms with Crippen LogP contribution in [-0.4, -0.2) is 51.6 Å². The molecule has 0 aliphatic carbocycles. The van der Waals surface area contributed by atoms with E-state index < -0.39 is 30.8 Å². The van der Waals surface area contributed by atoms with Crippen molar-refractivity contribution in [2.75, 3.05) is 25.1 Å². The third kappa shape index (κ3) is 3.29. The second-order valence-corrected chi connectivity index (χ2v) is 5.85. The Balaban J connectivity index is 1.74. The number of anilines is 1. The lowest BCUT2D eigenvalue weighted by molar-refractivity contribution is -0.0321. The molecule has 7 nitrogen and oxygen atoms in total. The van der Waals surface area contributed by atoms with Crippen LogP contribution in [0.25, 0.3) is 0 Å². The molecule has 1 aromatic heterocycles. The standard InChI is InChI=1S/C15H21FN4O3/c1-10-13(16)11(9-21)23-14(10)20-8-5-12(17-15(20)22)18-19-6-3-2-4-7-19/h5,8,11,13-14,21H,1-4,6-7,9H2,(H,17,18,22)/t11-,13+,14-/m1/s1. The molecule has 1 aromatic rings. The highest BCUT2D eigenvalue weighted by Gasteiger charge is 2.40. The number of piperidine rings is 1. The summed E-state index contributed by atoms with van der Waals surface area (Å²) in [4.78, 5) is 16.2. The summed E-state index contributed by atoms with van der Waals surface area (Å²) in [5.41, 5.74) is 2.67. The molecular formula is C15H21FN4O3. The highest BCUT2D eigenvalue weighted by atomic mass is 19.1. The minimum atomic E-state index is -1.50. The molecule has 0 amide bonds. The van der Waals surface area contributed by atoms with E-state index in [1.54, 1.807) is 6.07 Å². The van der Waals surface area contributed by atoms with Crippen LogP contribution in [0.3, 0.4) is 0 Å². The van der Waals surface area contributed by atoms with Crippen LogP contribution in [0.4, 0.5) is 10.2 Å². The molecule has 2 N–H and O–H groups in total. The first-order valence-corrected chi connectivity index (χ1v) is 7.80. The first-order valence-electron chi connectivity index (χ1n) is 7.80. The molecular weight excluding hydrogens is 303 g/mol. The SMILES string of the molecule is C=C1[C@H](n2ccc(NN3CCCCC3)nc2=O)O[C@H](CO)[C@H]1F. The lowest BCUT2D eigenvalue weighted by atomic mass is 10.1. The third-order valence-electron chi connectivity index (χ3n) is 4.19. The molecule has 2 fully saturated rings. The number of aliphatic hydroxyl groups is 1. The lowest BCUT2D eigenvalue weighted by Gasteiger charge is -2.27. The molecule has 0 aromatic carbocycles. The molecule has 3 heterocycles. The summed E-state index contributed by atoms with van der Waals surface area (Å²) in [5.74, 6) is 0.451. The average Bonchev–Trinajstić information content (AvgIpc) is 2.84. The van der Waals surface area contributed by atoms with E-state index >= 15 is 0 Å². The van der Waals surface area contributed by atoms with Crippen LogP contribution in [-0.2, 0) is 4.74 Å². The van der Waals surface area contributed by atoms with Crippen molar-refractivity contribution in [3.63, 3.8) is 0 Å². The van der Waals surface area contributed by atoms with E-state index in [9.17, 15) is 9.18 Å². The fourth-order valence-electron chi connectivity index (χ4n) is 2.90. The molecule has 2 saturated heterocycles. The third-order valence-corrected chi connectivity index (χ3v) is 4.19. The second kappa shape index (κ2) is 6.77. The molecule has 0 radical (unpaired) electrons. The van der Waals surface area contributed by atoms with Crippen LogP contribution < -0.4 is 11.1 Å². The van der Waals surface area contributed by atoms with Crippen molar-refractivity contribution in [1.82, 2.24) is 14.6 Å². The minimum Gasteiger partial charge on any atom is -0.394 e. The molecule has 8 heteroatoms. The number of ether oxygens (including phenoxy) is 1. The summed E-state index contributed by atoms with van der Waals surface area (Å²) in [6.45, 7) is 4.98. The molecule has 126 valence electrons. The van der Waals surface area contributed by atoms with E-state index in [1.165, 1.54) is 17.2 Å². The van der Waals surface area contributed by atoms with Crippen molar-refractivity contribution in [2.45, 2.75) is 37.8 Å². The summed E-state index contributed by atoms with van der Waals surface area (Å²) in [6.07, 6.45) is 1.51. The van der Waals surface area contributed by atoms with Crippen molar-refractivity contribution in [2.24, 2.45) is 0 Å². The van der Waals surface area contributed by atoms with Crippen molar-refractivity contribution in [1.29, 1.82) is 0 Å². The largest absolute Gasteiger partial charge is 0.394 e. The van der Waals surface area contributed by atoms with Gasteiger partial charge in [-0.3, -0.25) is 4.57 Å². The maximum Gasteiger partial charge on any atom is 0.351 e. The van der Waals surface area contributed by atoms with Crippen LogP contribution in [0, 0.1) is 0 Å². The normalized spacial score (nSPS) is 29.0. The van der Waals surface area contributed by atoms with Crippen molar-refractivity contribution < 1.29 is 14.2 Å². The number of alkyl halides is 1. The first-order chi connectivity index (χ1) is 11.1. The fourth-order valence-corrected chi connectivity index (χ4v) is 2.90. The summed E-state index contributed by atoms with van der Waals surface area (Å²) in [5, 5.41) is 11.1. The summed E-state index contributed by atoms with van der Waals surface area (Å²) in [7, 11) is 0. The van der Waals surface area contributed by atoms with Crippen molar-refractivity contribution in [3.05, 3.63) is 34.9 Å².